The van der Waals surface area contributed by atoms with Crippen LogP contribution in [0.4, 0.5) is 9.59 Å². The summed E-state index contributed by atoms with van der Waals surface area (Å²) in [5.41, 5.74) is -1.14. The highest BCUT2D eigenvalue weighted by atomic mass is 16.7. The minimum Gasteiger partial charge on any atom is -0.480 e. The number of carbonyl (C=O) groups excluding carboxylic acids is 3. The Morgan fingerprint density at radius 1 is 0.818 bits per heavy atom. The molecule has 3 amide bonds. The van der Waals surface area contributed by atoms with Gasteiger partial charge in [-0.15, -0.1) is 0 Å². The minimum absolute atomic E-state index is 0.221. The number of hydroxylamine groups is 2. The van der Waals surface area contributed by atoms with Gasteiger partial charge in [-0.25, -0.2) is 19.4 Å². The van der Waals surface area contributed by atoms with Crippen LogP contribution in [0.2, 0.25) is 0 Å². The van der Waals surface area contributed by atoms with Crippen LogP contribution in [0.5, 0.6) is 0 Å². The van der Waals surface area contributed by atoms with Gasteiger partial charge >= 0.3 is 18.2 Å². The molecule has 33 heavy (non-hydrogen) atoms. The monoisotopic (exact) mass is 473 g/mol. The van der Waals surface area contributed by atoms with Crippen LogP contribution in [0, 0.1) is 0 Å². The molecule has 0 aromatic heterocycles. The van der Waals surface area contributed by atoms with E-state index in [1.807, 2.05) is 0 Å². The van der Waals surface area contributed by atoms with Crippen molar-refractivity contribution in [1.82, 2.24) is 14.9 Å². The Morgan fingerprint density at radius 2 is 1.21 bits per heavy atom. The van der Waals surface area contributed by atoms with E-state index in [1.54, 1.807) is 41.5 Å². The third kappa shape index (κ3) is 9.07. The molecule has 11 nitrogen and oxygen atoms in total. The number of hydrogen-bond donors (Lipinski definition) is 1. The Kier molecular flexibility index (Phi) is 9.95. The molecule has 2 heterocycles. The standard InChI is InChI=1S/C12H22N2O4.C10H17NO4/c1-12(2,3)18-11(16)14-8-6-7-9(14)10(15)13(4)17-5;1-10(2,3)15-9(14)11-6-4-5-7(11)8(12)13/h9H,6-8H2,1-5H3;7H,4-6H2,1-3H3,(H,12,13)/t9-;7-/m11/s1. The molecule has 0 radical (unpaired) electrons. The molecule has 2 aliphatic rings. The Balaban J connectivity index is 0.000000335. The SMILES string of the molecule is CC(C)(C)OC(=O)N1CCC[C@@H]1C(=O)O.CON(C)C(=O)[C@H]1CCCN1C(=O)OC(C)(C)C. The zero-order chi connectivity index (χ0) is 25.6. The van der Waals surface area contributed by atoms with Crippen LogP contribution < -0.4 is 0 Å². The van der Waals surface area contributed by atoms with Crippen molar-refractivity contribution in [2.45, 2.75) is 90.5 Å². The summed E-state index contributed by atoms with van der Waals surface area (Å²) in [6, 6.07) is -1.20. The van der Waals surface area contributed by atoms with E-state index < -0.39 is 41.4 Å². The van der Waals surface area contributed by atoms with Crippen LogP contribution in [-0.2, 0) is 23.9 Å². The lowest BCUT2D eigenvalue weighted by atomic mass is 10.2. The number of nitrogens with zero attached hydrogens (tertiary/aromatic N) is 3. The maximum Gasteiger partial charge on any atom is 0.411 e. The first-order chi connectivity index (χ1) is 15.1. The number of carboxylic acids is 1. The van der Waals surface area contributed by atoms with Gasteiger partial charge in [-0.2, -0.15) is 0 Å². The number of carboxylic acid groups (broad SMARTS) is 1. The number of likely N-dealkylation sites (N-methyl/N-ethyl adjacent to an activating group) is 1. The van der Waals surface area contributed by atoms with Crippen molar-refractivity contribution in [1.29, 1.82) is 0 Å². The van der Waals surface area contributed by atoms with Gasteiger partial charge in [0.1, 0.15) is 23.3 Å². The average molecular weight is 474 g/mol. The molecule has 0 aromatic carbocycles. The van der Waals surface area contributed by atoms with Crippen LogP contribution in [0.15, 0.2) is 0 Å². The van der Waals surface area contributed by atoms with Gasteiger partial charge in [0.05, 0.1) is 7.11 Å². The van der Waals surface area contributed by atoms with Crippen molar-refractivity contribution in [2.75, 3.05) is 27.2 Å². The first-order valence-electron chi connectivity index (χ1n) is 11.1. The Bertz CT molecular complexity index is 713. The number of likely N-dealkylation sites (tertiary alicyclic amines) is 2. The summed E-state index contributed by atoms with van der Waals surface area (Å²) in [4.78, 5) is 54.1. The minimum atomic E-state index is -0.960. The van der Waals surface area contributed by atoms with Crippen molar-refractivity contribution in [3.63, 3.8) is 0 Å². The molecule has 2 rings (SSSR count). The summed E-state index contributed by atoms with van der Waals surface area (Å²) in [6.45, 7) is 11.7. The number of hydrogen-bond acceptors (Lipinski definition) is 7. The van der Waals surface area contributed by atoms with Crippen molar-refractivity contribution >= 4 is 24.1 Å². The summed E-state index contributed by atoms with van der Waals surface area (Å²) in [6.07, 6.45) is 1.69. The van der Waals surface area contributed by atoms with Crippen LogP contribution in [0.25, 0.3) is 0 Å². The molecule has 0 aromatic rings. The first-order valence-corrected chi connectivity index (χ1v) is 11.1. The molecule has 0 bridgehead atoms. The third-order valence-electron chi connectivity index (χ3n) is 4.92. The van der Waals surface area contributed by atoms with Crippen molar-refractivity contribution < 1.29 is 38.6 Å². The molecule has 190 valence electrons. The molecule has 2 aliphatic heterocycles. The molecule has 11 heteroatoms. The fourth-order valence-corrected chi connectivity index (χ4v) is 3.42. The smallest absolute Gasteiger partial charge is 0.411 e. The molecule has 2 fully saturated rings. The topological polar surface area (TPSA) is 126 Å². The molecule has 2 atom stereocenters. The van der Waals surface area contributed by atoms with Crippen molar-refractivity contribution in [3.05, 3.63) is 0 Å². The van der Waals surface area contributed by atoms with Crippen molar-refractivity contribution in [3.8, 4) is 0 Å². The van der Waals surface area contributed by atoms with Gasteiger partial charge < -0.3 is 14.6 Å². The van der Waals surface area contributed by atoms with E-state index in [0.717, 1.165) is 17.9 Å². The molecule has 0 unspecified atom stereocenters. The second-order valence-electron chi connectivity index (χ2n) is 10.0. The number of carbonyl (C=O) groups is 4. The van der Waals surface area contributed by atoms with E-state index in [4.69, 9.17) is 19.4 Å². The largest absolute Gasteiger partial charge is 0.480 e. The van der Waals surface area contributed by atoms with E-state index in [2.05, 4.69) is 0 Å². The van der Waals surface area contributed by atoms with Gasteiger partial charge in [0.25, 0.3) is 5.91 Å². The van der Waals surface area contributed by atoms with E-state index in [9.17, 15) is 19.2 Å². The molecule has 0 saturated carbocycles. The quantitative estimate of drug-likeness (QED) is 0.620. The van der Waals surface area contributed by atoms with E-state index in [0.29, 0.717) is 25.9 Å². The highest BCUT2D eigenvalue weighted by molar-refractivity contribution is 5.85. The van der Waals surface area contributed by atoms with Gasteiger partial charge in [0.15, 0.2) is 0 Å². The molecule has 0 aliphatic carbocycles. The van der Waals surface area contributed by atoms with E-state index >= 15 is 0 Å². The van der Waals surface area contributed by atoms with Gasteiger partial charge in [-0.05, 0) is 67.2 Å². The summed E-state index contributed by atoms with van der Waals surface area (Å²) >= 11 is 0. The van der Waals surface area contributed by atoms with Crippen LogP contribution >= 0.6 is 0 Å². The van der Waals surface area contributed by atoms with Gasteiger partial charge in [-0.1, -0.05) is 0 Å². The third-order valence-corrected chi connectivity index (χ3v) is 4.92. The lowest BCUT2D eigenvalue weighted by molar-refractivity contribution is -0.173. The Labute approximate surface area is 195 Å². The summed E-state index contributed by atoms with van der Waals surface area (Å²) in [7, 11) is 2.96. The maximum atomic E-state index is 12.0. The Hall–Kier alpha value is -2.56. The lowest BCUT2D eigenvalue weighted by Crippen LogP contribution is -2.47. The van der Waals surface area contributed by atoms with E-state index in [-0.39, 0.29) is 5.91 Å². The summed E-state index contributed by atoms with van der Waals surface area (Å²) < 4.78 is 10.4. The van der Waals surface area contributed by atoms with Gasteiger partial charge in [-0.3, -0.25) is 19.4 Å². The van der Waals surface area contributed by atoms with E-state index in [1.165, 1.54) is 24.0 Å². The van der Waals surface area contributed by atoms with Crippen LogP contribution in [0.1, 0.15) is 67.2 Å². The predicted molar refractivity (Wildman–Crippen MR) is 119 cm³/mol. The normalized spacial score (nSPS) is 20.6. The second kappa shape index (κ2) is 11.5. The fraction of sp³-hybridized carbons (Fsp3) is 0.818. The molecular formula is C22H39N3O8. The second-order valence-corrected chi connectivity index (χ2v) is 10.0. The van der Waals surface area contributed by atoms with Crippen LogP contribution in [0.3, 0.4) is 0 Å². The number of ether oxygens (including phenoxy) is 2. The number of rotatable bonds is 3. The average Bonchev–Trinajstić information content (AvgIpc) is 3.34. The molecule has 2 saturated heterocycles. The predicted octanol–water partition coefficient (Wildman–Crippen LogP) is 2.88. The lowest BCUT2D eigenvalue weighted by Gasteiger charge is -2.29. The highest BCUT2D eigenvalue weighted by Crippen LogP contribution is 2.22. The Morgan fingerprint density at radius 3 is 1.58 bits per heavy atom. The number of amides is 3. The fourth-order valence-electron chi connectivity index (χ4n) is 3.42. The highest BCUT2D eigenvalue weighted by Gasteiger charge is 2.38. The first kappa shape index (κ1) is 28.5. The number of aliphatic carboxylic acids is 1. The zero-order valence-corrected chi connectivity index (χ0v) is 21.0. The molecule has 0 spiro atoms. The summed E-state index contributed by atoms with van der Waals surface area (Å²) in [5, 5.41) is 10.0. The summed E-state index contributed by atoms with van der Waals surface area (Å²) in [5.74, 6) is -1.18. The molecular weight excluding hydrogens is 434 g/mol. The zero-order valence-electron chi connectivity index (χ0n) is 21.0. The van der Waals surface area contributed by atoms with Crippen LogP contribution in [-0.4, -0.2) is 94.6 Å². The maximum absolute atomic E-state index is 12.0. The van der Waals surface area contributed by atoms with Crippen molar-refractivity contribution in [2.24, 2.45) is 0 Å². The van der Waals surface area contributed by atoms with Gasteiger partial charge in [0, 0.05) is 20.1 Å². The molecule has 1 N–H and O–H groups in total. The van der Waals surface area contributed by atoms with Gasteiger partial charge in [0.2, 0.25) is 0 Å².